The second kappa shape index (κ2) is 7.33. The Kier molecular flexibility index (Phi) is 6.08. The van der Waals surface area contributed by atoms with Gasteiger partial charge in [-0.1, -0.05) is 0 Å². The van der Waals surface area contributed by atoms with E-state index in [0.29, 0.717) is 25.3 Å². The topological polar surface area (TPSA) is 60.5 Å². The van der Waals surface area contributed by atoms with Crippen LogP contribution < -0.4 is 10.1 Å². The molecule has 1 N–H and O–H groups in total. The molecule has 0 aliphatic rings. The summed E-state index contributed by atoms with van der Waals surface area (Å²) in [7, 11) is 0. The van der Waals surface area contributed by atoms with Crippen LogP contribution in [0.25, 0.3) is 0 Å². The highest BCUT2D eigenvalue weighted by Crippen LogP contribution is 2.15. The number of carbonyl (C=O) groups is 1. The fourth-order valence-corrected chi connectivity index (χ4v) is 1.58. The van der Waals surface area contributed by atoms with Crippen molar-refractivity contribution in [1.29, 1.82) is 0 Å². The standard InChI is InChI=1S/C13H19BrN2O3/c1-13(2,3)19-12(17)16-5-4-6-18-11-7-10(14)8-15-9-11/h7-9H,4-6H2,1-3H3,(H,16,17). The normalized spacial score (nSPS) is 10.9. The fraction of sp³-hybridized carbons (Fsp3) is 0.538. The molecule has 1 aromatic rings. The van der Waals surface area contributed by atoms with Gasteiger partial charge >= 0.3 is 6.09 Å². The third-order valence-electron chi connectivity index (χ3n) is 1.94. The number of hydrogen-bond donors (Lipinski definition) is 1. The molecule has 0 saturated carbocycles. The summed E-state index contributed by atoms with van der Waals surface area (Å²) in [6.45, 7) is 6.51. The molecule has 0 aliphatic carbocycles. The van der Waals surface area contributed by atoms with E-state index in [2.05, 4.69) is 26.2 Å². The Morgan fingerprint density at radius 2 is 2.16 bits per heavy atom. The van der Waals surface area contributed by atoms with E-state index in [4.69, 9.17) is 9.47 Å². The molecule has 19 heavy (non-hydrogen) atoms. The number of alkyl carbamates (subject to hydrolysis) is 1. The van der Waals surface area contributed by atoms with Gasteiger partial charge in [0, 0.05) is 17.2 Å². The number of rotatable bonds is 5. The van der Waals surface area contributed by atoms with Crippen molar-refractivity contribution in [3.05, 3.63) is 22.9 Å². The molecule has 0 saturated heterocycles. The minimum atomic E-state index is -0.470. The van der Waals surface area contributed by atoms with Crippen LogP contribution in [0.15, 0.2) is 22.9 Å². The molecule has 5 nitrogen and oxygen atoms in total. The van der Waals surface area contributed by atoms with Gasteiger partial charge in [-0.05, 0) is 49.2 Å². The van der Waals surface area contributed by atoms with Crippen LogP contribution >= 0.6 is 15.9 Å². The molecule has 0 radical (unpaired) electrons. The van der Waals surface area contributed by atoms with E-state index in [-0.39, 0.29) is 0 Å². The van der Waals surface area contributed by atoms with Gasteiger partial charge in [0.25, 0.3) is 0 Å². The Balaban J connectivity index is 2.13. The average molecular weight is 331 g/mol. The first-order valence-corrected chi connectivity index (χ1v) is 6.86. The highest BCUT2D eigenvalue weighted by Gasteiger charge is 2.15. The second-order valence-electron chi connectivity index (χ2n) is 4.97. The SMILES string of the molecule is CC(C)(C)OC(=O)NCCCOc1cncc(Br)c1. The van der Waals surface area contributed by atoms with Crippen molar-refractivity contribution < 1.29 is 14.3 Å². The van der Waals surface area contributed by atoms with Crippen molar-refractivity contribution >= 4 is 22.0 Å². The maximum absolute atomic E-state index is 11.3. The molecule has 0 bridgehead atoms. The molecule has 0 unspecified atom stereocenters. The lowest BCUT2D eigenvalue weighted by Crippen LogP contribution is -2.33. The summed E-state index contributed by atoms with van der Waals surface area (Å²) >= 11 is 3.32. The molecule has 1 heterocycles. The summed E-state index contributed by atoms with van der Waals surface area (Å²) in [6.07, 6.45) is 3.63. The highest BCUT2D eigenvalue weighted by atomic mass is 79.9. The van der Waals surface area contributed by atoms with Crippen molar-refractivity contribution in [2.75, 3.05) is 13.2 Å². The maximum atomic E-state index is 11.3. The van der Waals surface area contributed by atoms with Crippen LogP contribution in [0.4, 0.5) is 4.79 Å². The van der Waals surface area contributed by atoms with Crippen LogP contribution in [0, 0.1) is 0 Å². The zero-order valence-electron chi connectivity index (χ0n) is 11.4. The van der Waals surface area contributed by atoms with Crippen LogP contribution in [0.2, 0.25) is 0 Å². The van der Waals surface area contributed by atoms with E-state index < -0.39 is 11.7 Å². The molecule has 0 spiro atoms. The van der Waals surface area contributed by atoms with Gasteiger partial charge in [0.15, 0.2) is 0 Å². The Morgan fingerprint density at radius 3 is 2.79 bits per heavy atom. The minimum absolute atomic E-state index is 0.406. The van der Waals surface area contributed by atoms with Crippen molar-refractivity contribution in [2.45, 2.75) is 32.8 Å². The Bertz CT molecular complexity index is 419. The highest BCUT2D eigenvalue weighted by molar-refractivity contribution is 9.10. The van der Waals surface area contributed by atoms with E-state index in [1.54, 1.807) is 12.4 Å². The molecular formula is C13H19BrN2O3. The van der Waals surface area contributed by atoms with Gasteiger partial charge in [-0.3, -0.25) is 4.98 Å². The number of aromatic nitrogens is 1. The lowest BCUT2D eigenvalue weighted by molar-refractivity contribution is 0.0525. The van der Waals surface area contributed by atoms with Crippen molar-refractivity contribution in [3.63, 3.8) is 0 Å². The average Bonchev–Trinajstić information content (AvgIpc) is 2.26. The quantitative estimate of drug-likeness (QED) is 0.842. The first-order valence-electron chi connectivity index (χ1n) is 6.07. The van der Waals surface area contributed by atoms with E-state index in [1.165, 1.54) is 0 Å². The summed E-state index contributed by atoms with van der Waals surface area (Å²) in [5.41, 5.74) is -0.470. The van der Waals surface area contributed by atoms with Gasteiger partial charge in [-0.2, -0.15) is 0 Å². The maximum Gasteiger partial charge on any atom is 0.407 e. The van der Waals surface area contributed by atoms with Crippen LogP contribution in [0.5, 0.6) is 5.75 Å². The lowest BCUT2D eigenvalue weighted by atomic mass is 10.2. The van der Waals surface area contributed by atoms with Gasteiger partial charge in [0.05, 0.1) is 12.8 Å². The third kappa shape index (κ3) is 7.66. The van der Waals surface area contributed by atoms with Crippen LogP contribution in [0.1, 0.15) is 27.2 Å². The number of nitrogens with zero attached hydrogens (tertiary/aromatic N) is 1. The first kappa shape index (κ1) is 15.8. The van der Waals surface area contributed by atoms with Crippen molar-refractivity contribution in [1.82, 2.24) is 10.3 Å². The summed E-state index contributed by atoms with van der Waals surface area (Å²) in [6, 6.07) is 1.84. The van der Waals surface area contributed by atoms with Crippen LogP contribution in [0.3, 0.4) is 0 Å². The second-order valence-corrected chi connectivity index (χ2v) is 5.89. The van der Waals surface area contributed by atoms with Crippen LogP contribution in [-0.2, 0) is 4.74 Å². The number of amides is 1. The van der Waals surface area contributed by atoms with Gasteiger partial charge in [-0.15, -0.1) is 0 Å². The van der Waals surface area contributed by atoms with Gasteiger partial charge < -0.3 is 14.8 Å². The molecule has 0 fully saturated rings. The monoisotopic (exact) mass is 330 g/mol. The fourth-order valence-electron chi connectivity index (χ4n) is 1.24. The van der Waals surface area contributed by atoms with Gasteiger partial charge in [0.1, 0.15) is 11.4 Å². The van der Waals surface area contributed by atoms with Crippen molar-refractivity contribution in [2.24, 2.45) is 0 Å². The number of ether oxygens (including phenoxy) is 2. The molecule has 1 aromatic heterocycles. The third-order valence-corrected chi connectivity index (χ3v) is 2.37. The molecule has 1 amide bonds. The summed E-state index contributed by atoms with van der Waals surface area (Å²) in [5, 5.41) is 2.67. The van der Waals surface area contributed by atoms with Crippen molar-refractivity contribution in [3.8, 4) is 5.75 Å². The minimum Gasteiger partial charge on any atom is -0.492 e. The number of hydrogen-bond acceptors (Lipinski definition) is 4. The van der Waals surface area contributed by atoms with Gasteiger partial charge in [0.2, 0.25) is 0 Å². The number of pyridine rings is 1. The van der Waals surface area contributed by atoms with Gasteiger partial charge in [-0.25, -0.2) is 4.79 Å². The molecular weight excluding hydrogens is 312 g/mol. The summed E-state index contributed by atoms with van der Waals surface area (Å²) in [4.78, 5) is 15.3. The van der Waals surface area contributed by atoms with E-state index in [9.17, 15) is 4.79 Å². The number of carbonyl (C=O) groups excluding carboxylic acids is 1. The van der Waals surface area contributed by atoms with E-state index in [1.807, 2.05) is 26.8 Å². The molecule has 106 valence electrons. The molecule has 6 heteroatoms. The summed E-state index contributed by atoms with van der Waals surface area (Å²) < 4.78 is 11.5. The Hall–Kier alpha value is -1.30. The first-order chi connectivity index (χ1) is 8.87. The Labute approximate surface area is 121 Å². The zero-order chi connectivity index (χ0) is 14.3. The zero-order valence-corrected chi connectivity index (χ0v) is 13.0. The molecule has 0 aromatic carbocycles. The lowest BCUT2D eigenvalue weighted by Gasteiger charge is -2.19. The summed E-state index contributed by atoms with van der Waals surface area (Å²) in [5.74, 6) is 0.701. The number of halogens is 1. The molecule has 1 rings (SSSR count). The Morgan fingerprint density at radius 1 is 1.42 bits per heavy atom. The van der Waals surface area contributed by atoms with E-state index in [0.717, 1.165) is 4.47 Å². The molecule has 0 atom stereocenters. The number of nitrogens with one attached hydrogen (secondary N) is 1. The predicted octanol–water partition coefficient (Wildman–Crippen LogP) is 3.14. The smallest absolute Gasteiger partial charge is 0.407 e. The van der Waals surface area contributed by atoms with E-state index >= 15 is 0 Å². The predicted molar refractivity (Wildman–Crippen MR) is 76.3 cm³/mol. The largest absolute Gasteiger partial charge is 0.492 e. The molecule has 0 aliphatic heterocycles. The van der Waals surface area contributed by atoms with Crippen LogP contribution in [-0.4, -0.2) is 29.8 Å².